The normalized spacial score (nSPS) is 10.3. The van der Waals surface area contributed by atoms with Gasteiger partial charge in [0.05, 0.1) is 15.6 Å². The minimum atomic E-state index is -0.454. The van der Waals surface area contributed by atoms with Crippen LogP contribution in [0.2, 0.25) is 5.02 Å². The van der Waals surface area contributed by atoms with E-state index in [1.165, 1.54) is 24.3 Å². The van der Waals surface area contributed by atoms with Gasteiger partial charge in [-0.1, -0.05) is 23.7 Å². The number of nitrogens with zero attached hydrogens (tertiary/aromatic N) is 1. The fourth-order valence-electron chi connectivity index (χ4n) is 1.68. The molecule has 4 nitrogen and oxygen atoms in total. The largest absolute Gasteiger partial charge is 0.379 e. The zero-order chi connectivity index (χ0) is 14.7. The van der Waals surface area contributed by atoms with Crippen LogP contribution >= 0.6 is 27.5 Å². The number of nitrogens with one attached hydrogen (secondary N) is 1. The molecule has 0 aliphatic rings. The van der Waals surface area contributed by atoms with Crippen molar-refractivity contribution >= 4 is 38.9 Å². The van der Waals surface area contributed by atoms with Crippen molar-refractivity contribution in [3.63, 3.8) is 0 Å². The van der Waals surface area contributed by atoms with E-state index < -0.39 is 10.7 Å². The first-order valence-electron chi connectivity index (χ1n) is 5.59. The van der Waals surface area contributed by atoms with Crippen LogP contribution in [0.1, 0.15) is 5.56 Å². The molecule has 0 radical (unpaired) electrons. The summed E-state index contributed by atoms with van der Waals surface area (Å²) in [6.07, 6.45) is 0. The third-order valence-electron chi connectivity index (χ3n) is 2.60. The fourth-order valence-corrected chi connectivity index (χ4v) is 2.64. The maximum absolute atomic E-state index is 13.1. The van der Waals surface area contributed by atoms with E-state index in [0.717, 1.165) is 5.56 Å². The van der Waals surface area contributed by atoms with E-state index in [2.05, 4.69) is 21.2 Å². The molecule has 2 aromatic rings. The van der Waals surface area contributed by atoms with Crippen LogP contribution in [-0.4, -0.2) is 4.92 Å². The summed E-state index contributed by atoms with van der Waals surface area (Å²) in [6.45, 7) is 0.339. The lowest BCUT2D eigenvalue weighted by Crippen LogP contribution is -2.02. The molecule has 0 aliphatic heterocycles. The third kappa shape index (κ3) is 3.46. The molecule has 0 fully saturated rings. The average molecular weight is 360 g/mol. The van der Waals surface area contributed by atoms with E-state index in [4.69, 9.17) is 11.6 Å². The van der Waals surface area contributed by atoms with E-state index in [9.17, 15) is 14.5 Å². The predicted octanol–water partition coefficient (Wildman–Crippen LogP) is 4.76. The minimum absolute atomic E-state index is 0.0218. The summed E-state index contributed by atoms with van der Waals surface area (Å²) in [5.41, 5.74) is 1.29. The molecule has 0 unspecified atom stereocenters. The van der Waals surface area contributed by atoms with Crippen molar-refractivity contribution in [1.82, 2.24) is 0 Å². The zero-order valence-electron chi connectivity index (χ0n) is 10.1. The molecule has 2 rings (SSSR count). The van der Waals surface area contributed by atoms with Crippen molar-refractivity contribution in [2.75, 3.05) is 5.32 Å². The van der Waals surface area contributed by atoms with Gasteiger partial charge in [0, 0.05) is 23.2 Å². The summed E-state index contributed by atoms with van der Waals surface area (Å²) in [6, 6.07) is 8.74. The van der Waals surface area contributed by atoms with Crippen LogP contribution in [0.5, 0.6) is 0 Å². The maximum Gasteiger partial charge on any atom is 0.269 e. The van der Waals surface area contributed by atoms with Gasteiger partial charge in [0.2, 0.25) is 0 Å². The Bertz CT molecular complexity index is 644. The number of rotatable bonds is 4. The van der Waals surface area contributed by atoms with Crippen LogP contribution in [0.4, 0.5) is 15.8 Å². The van der Waals surface area contributed by atoms with Crippen LogP contribution in [-0.2, 0) is 6.54 Å². The second-order valence-corrected chi connectivity index (χ2v) is 5.29. The lowest BCUT2D eigenvalue weighted by atomic mass is 10.2. The maximum atomic E-state index is 13.1. The summed E-state index contributed by atoms with van der Waals surface area (Å²) in [7, 11) is 0. The number of anilines is 1. The average Bonchev–Trinajstić information content (AvgIpc) is 2.37. The Morgan fingerprint density at radius 1 is 1.35 bits per heavy atom. The van der Waals surface area contributed by atoms with Gasteiger partial charge in [0.15, 0.2) is 0 Å². The van der Waals surface area contributed by atoms with E-state index in [-0.39, 0.29) is 10.7 Å². The van der Waals surface area contributed by atoms with E-state index in [1.54, 1.807) is 12.1 Å². The Morgan fingerprint density at radius 2 is 2.10 bits per heavy atom. The molecule has 1 N–H and O–H groups in total. The number of benzene rings is 2. The Balaban J connectivity index is 2.17. The predicted molar refractivity (Wildman–Crippen MR) is 79.5 cm³/mol. The van der Waals surface area contributed by atoms with Crippen LogP contribution in [0, 0.1) is 15.9 Å². The van der Waals surface area contributed by atoms with Crippen molar-refractivity contribution in [2.45, 2.75) is 6.54 Å². The van der Waals surface area contributed by atoms with Gasteiger partial charge in [-0.25, -0.2) is 4.39 Å². The number of non-ortho nitro benzene ring substituents is 1. The minimum Gasteiger partial charge on any atom is -0.379 e. The topological polar surface area (TPSA) is 55.2 Å². The summed E-state index contributed by atoms with van der Waals surface area (Å²) in [5.74, 6) is -0.442. The number of nitro groups is 1. The lowest BCUT2D eigenvalue weighted by molar-refractivity contribution is -0.384. The van der Waals surface area contributed by atoms with Crippen molar-refractivity contribution < 1.29 is 9.31 Å². The molecular formula is C13H9BrClFN2O2. The van der Waals surface area contributed by atoms with Crippen molar-refractivity contribution in [3.8, 4) is 0 Å². The van der Waals surface area contributed by atoms with Crippen molar-refractivity contribution in [2.24, 2.45) is 0 Å². The van der Waals surface area contributed by atoms with Crippen LogP contribution in [0.3, 0.4) is 0 Å². The Labute approximate surface area is 127 Å². The highest BCUT2D eigenvalue weighted by Crippen LogP contribution is 2.32. The molecule has 0 saturated heterocycles. The molecule has 104 valence electrons. The van der Waals surface area contributed by atoms with E-state index >= 15 is 0 Å². The first-order chi connectivity index (χ1) is 9.47. The van der Waals surface area contributed by atoms with Gasteiger partial charge in [-0.3, -0.25) is 10.1 Å². The molecule has 0 aliphatic carbocycles. The molecule has 2 aromatic carbocycles. The van der Waals surface area contributed by atoms with Crippen molar-refractivity contribution in [1.29, 1.82) is 0 Å². The number of hydrogen-bond acceptors (Lipinski definition) is 3. The molecular weight excluding hydrogens is 351 g/mol. The third-order valence-corrected chi connectivity index (χ3v) is 3.52. The highest BCUT2D eigenvalue weighted by atomic mass is 79.9. The van der Waals surface area contributed by atoms with Crippen molar-refractivity contribution in [3.05, 3.63) is 67.4 Å². The van der Waals surface area contributed by atoms with Crippen LogP contribution in [0.25, 0.3) is 0 Å². The summed E-state index contributed by atoms with van der Waals surface area (Å²) >= 11 is 9.16. The van der Waals surface area contributed by atoms with Crippen LogP contribution < -0.4 is 5.32 Å². The number of nitro benzene ring substituents is 1. The van der Waals surface area contributed by atoms with Crippen LogP contribution in [0.15, 0.2) is 40.9 Å². The van der Waals surface area contributed by atoms with Gasteiger partial charge in [-0.2, -0.15) is 0 Å². The lowest BCUT2D eigenvalue weighted by Gasteiger charge is -2.10. The molecule has 7 heteroatoms. The molecule has 0 amide bonds. The molecule has 0 atom stereocenters. The van der Waals surface area contributed by atoms with Gasteiger partial charge in [-0.15, -0.1) is 0 Å². The van der Waals surface area contributed by atoms with E-state index in [0.29, 0.717) is 16.7 Å². The second kappa shape index (κ2) is 6.19. The Kier molecular flexibility index (Phi) is 4.57. The summed E-state index contributed by atoms with van der Waals surface area (Å²) in [5, 5.41) is 13.9. The molecule has 20 heavy (non-hydrogen) atoms. The number of halogens is 3. The first kappa shape index (κ1) is 14.7. The summed E-state index contributed by atoms with van der Waals surface area (Å²) in [4.78, 5) is 10.2. The standard InChI is InChI=1S/C13H9BrClFN2O2/c14-11-5-9(16)6-12(15)13(11)17-7-8-2-1-3-10(4-8)18(19)20/h1-6,17H,7H2. The molecule has 0 bridgehead atoms. The second-order valence-electron chi connectivity index (χ2n) is 4.02. The monoisotopic (exact) mass is 358 g/mol. The summed E-state index contributed by atoms with van der Waals surface area (Å²) < 4.78 is 13.6. The molecule has 0 heterocycles. The zero-order valence-corrected chi connectivity index (χ0v) is 12.4. The molecule has 0 spiro atoms. The molecule has 0 aromatic heterocycles. The van der Waals surface area contributed by atoms with E-state index in [1.807, 2.05) is 0 Å². The van der Waals surface area contributed by atoms with Gasteiger partial charge in [0.1, 0.15) is 5.82 Å². The Morgan fingerprint density at radius 3 is 2.75 bits per heavy atom. The van der Waals surface area contributed by atoms with Gasteiger partial charge >= 0.3 is 0 Å². The quantitative estimate of drug-likeness (QED) is 0.632. The van der Waals surface area contributed by atoms with Gasteiger partial charge in [-0.05, 0) is 33.6 Å². The Hall–Kier alpha value is -1.66. The smallest absolute Gasteiger partial charge is 0.269 e. The van der Waals surface area contributed by atoms with Gasteiger partial charge < -0.3 is 5.32 Å². The highest BCUT2D eigenvalue weighted by Gasteiger charge is 2.09. The first-order valence-corrected chi connectivity index (χ1v) is 6.76. The SMILES string of the molecule is O=[N+]([O-])c1cccc(CNc2c(Cl)cc(F)cc2Br)c1. The number of hydrogen-bond donors (Lipinski definition) is 1. The van der Waals surface area contributed by atoms with Gasteiger partial charge in [0.25, 0.3) is 5.69 Å². The fraction of sp³-hybridized carbons (Fsp3) is 0.0769. The highest BCUT2D eigenvalue weighted by molar-refractivity contribution is 9.10. The molecule has 0 saturated carbocycles.